The molecule has 180 valence electrons. The lowest BCUT2D eigenvalue weighted by molar-refractivity contribution is -0.144. The number of rotatable bonds is 6. The van der Waals surface area contributed by atoms with Crippen LogP contribution in [0.5, 0.6) is 0 Å². The van der Waals surface area contributed by atoms with Gasteiger partial charge in [-0.25, -0.2) is 0 Å². The van der Waals surface area contributed by atoms with Gasteiger partial charge < -0.3 is 10.6 Å². The Bertz CT molecular complexity index is 1180. The molecule has 0 aliphatic carbocycles. The Kier molecular flexibility index (Phi) is 6.99. The summed E-state index contributed by atoms with van der Waals surface area (Å²) in [5.74, 6) is -1.02. The molecule has 3 aromatic rings. The molecule has 1 heterocycles. The molecule has 0 saturated carbocycles. The average Bonchev–Trinajstić information content (AvgIpc) is 3.20. The molecule has 0 saturated heterocycles. The van der Waals surface area contributed by atoms with Crippen LogP contribution < -0.4 is 10.6 Å². The zero-order valence-corrected chi connectivity index (χ0v) is 17.6. The molecule has 0 unspecified atom stereocenters. The third kappa shape index (κ3) is 5.74. The molecule has 3 rings (SSSR count). The van der Waals surface area contributed by atoms with Crippen LogP contribution in [0.1, 0.15) is 44.6 Å². The van der Waals surface area contributed by atoms with Gasteiger partial charge in [0.2, 0.25) is 0 Å². The summed E-state index contributed by atoms with van der Waals surface area (Å²) in [6.07, 6.45) is -10.1. The van der Waals surface area contributed by atoms with Crippen molar-refractivity contribution in [2.45, 2.75) is 25.8 Å². The van der Waals surface area contributed by atoms with E-state index in [0.29, 0.717) is 6.54 Å². The van der Waals surface area contributed by atoms with E-state index in [4.69, 9.17) is 0 Å². The van der Waals surface area contributed by atoms with E-state index in [1.165, 1.54) is 36.4 Å². The van der Waals surface area contributed by atoms with E-state index in [1.807, 2.05) is 0 Å². The Labute approximate surface area is 189 Å². The Morgan fingerprint density at radius 1 is 0.882 bits per heavy atom. The molecule has 0 radical (unpaired) electrons. The molecule has 0 fully saturated rings. The van der Waals surface area contributed by atoms with Gasteiger partial charge in [0.1, 0.15) is 5.69 Å². The molecule has 6 nitrogen and oxygen atoms in total. The van der Waals surface area contributed by atoms with Gasteiger partial charge in [0.05, 0.1) is 17.7 Å². The van der Waals surface area contributed by atoms with Crippen LogP contribution in [0.25, 0.3) is 0 Å². The Hall–Kier alpha value is -3.83. The quantitative estimate of drug-likeness (QED) is 0.485. The van der Waals surface area contributed by atoms with E-state index in [-0.39, 0.29) is 33.1 Å². The summed E-state index contributed by atoms with van der Waals surface area (Å²) in [4.78, 5) is 24.8. The highest BCUT2D eigenvalue weighted by molar-refractivity contribution is 6.12. The predicted octanol–water partition coefficient (Wildman–Crippen LogP) is 4.97. The summed E-state index contributed by atoms with van der Waals surface area (Å²) >= 11 is 0. The molecule has 2 aromatic carbocycles. The zero-order valence-electron chi connectivity index (χ0n) is 17.6. The van der Waals surface area contributed by atoms with Gasteiger partial charge in [0.25, 0.3) is 11.8 Å². The highest BCUT2D eigenvalue weighted by Crippen LogP contribution is 2.35. The molecule has 0 spiro atoms. The number of alkyl halides is 6. The summed E-state index contributed by atoms with van der Waals surface area (Å²) in [5, 5.41) is 8.24. The molecule has 34 heavy (non-hydrogen) atoms. The fraction of sp³-hybridized carbons (Fsp3) is 0.227. The van der Waals surface area contributed by atoms with Crippen molar-refractivity contribution in [3.63, 3.8) is 0 Å². The third-order valence-electron chi connectivity index (χ3n) is 4.66. The van der Waals surface area contributed by atoms with Gasteiger partial charge in [0.15, 0.2) is 5.69 Å². The number of benzene rings is 2. The van der Waals surface area contributed by atoms with Gasteiger partial charge in [-0.3, -0.25) is 14.3 Å². The largest absolute Gasteiger partial charge is 0.435 e. The normalized spacial score (nSPS) is 11.9. The molecule has 0 atom stereocenters. The van der Waals surface area contributed by atoms with E-state index >= 15 is 0 Å². The third-order valence-corrected chi connectivity index (χ3v) is 4.66. The van der Waals surface area contributed by atoms with Crippen molar-refractivity contribution >= 4 is 17.5 Å². The monoisotopic (exact) mass is 484 g/mol. The van der Waals surface area contributed by atoms with Crippen LogP contribution in [-0.2, 0) is 18.9 Å². The summed E-state index contributed by atoms with van der Waals surface area (Å²) in [7, 11) is 0. The van der Waals surface area contributed by atoms with E-state index in [1.54, 1.807) is 19.1 Å². The van der Waals surface area contributed by atoms with Crippen molar-refractivity contribution in [1.29, 1.82) is 0 Å². The molecule has 0 aliphatic rings. The molecule has 2 N–H and O–H groups in total. The number of anilines is 1. The van der Waals surface area contributed by atoms with Crippen molar-refractivity contribution < 1.29 is 35.9 Å². The first-order valence-corrected chi connectivity index (χ1v) is 9.90. The topological polar surface area (TPSA) is 76.0 Å². The van der Waals surface area contributed by atoms with Crippen LogP contribution in [0.4, 0.5) is 32.0 Å². The molecular weight excluding hydrogens is 466 g/mol. The second-order valence-corrected chi connectivity index (χ2v) is 7.12. The molecule has 12 heteroatoms. The lowest BCUT2D eigenvalue weighted by Gasteiger charge is -2.12. The number of aromatic nitrogens is 2. The number of amides is 2. The predicted molar refractivity (Wildman–Crippen MR) is 110 cm³/mol. The Morgan fingerprint density at radius 2 is 1.47 bits per heavy atom. The summed E-state index contributed by atoms with van der Waals surface area (Å²) in [6, 6.07) is 11.5. The van der Waals surface area contributed by atoms with Gasteiger partial charge in [-0.05, 0) is 36.8 Å². The lowest BCUT2D eigenvalue weighted by Crippen LogP contribution is -2.26. The number of hydrogen-bond acceptors (Lipinski definition) is 3. The second-order valence-electron chi connectivity index (χ2n) is 7.12. The highest BCUT2D eigenvalue weighted by Gasteiger charge is 2.41. The maximum Gasteiger partial charge on any atom is 0.435 e. The first-order valence-electron chi connectivity index (χ1n) is 9.90. The molecule has 0 aliphatic heterocycles. The number of carbonyl (C=O) groups is 2. The van der Waals surface area contributed by atoms with Crippen LogP contribution in [0.2, 0.25) is 0 Å². The van der Waals surface area contributed by atoms with E-state index in [0.717, 1.165) is 0 Å². The minimum atomic E-state index is -5.03. The second kappa shape index (κ2) is 9.57. The summed E-state index contributed by atoms with van der Waals surface area (Å²) < 4.78 is 78.2. The van der Waals surface area contributed by atoms with Gasteiger partial charge in [-0.1, -0.05) is 24.3 Å². The zero-order chi connectivity index (χ0) is 25.1. The number of nitrogens with one attached hydrogen (secondary N) is 2. The SMILES string of the molecule is CCNC(=O)c1ccccc1C(=O)Nc1ccc(Cn2nc(C(F)(F)F)cc2C(F)(F)F)cc1. The van der Waals surface area contributed by atoms with Crippen LogP contribution >= 0.6 is 0 Å². The van der Waals surface area contributed by atoms with Crippen molar-refractivity contribution in [2.24, 2.45) is 0 Å². The van der Waals surface area contributed by atoms with Gasteiger partial charge in [-0.15, -0.1) is 0 Å². The maximum absolute atomic E-state index is 13.2. The minimum absolute atomic E-state index is 0.0409. The van der Waals surface area contributed by atoms with E-state index in [9.17, 15) is 35.9 Å². The number of hydrogen-bond donors (Lipinski definition) is 2. The fourth-order valence-corrected chi connectivity index (χ4v) is 3.10. The smallest absolute Gasteiger partial charge is 0.352 e. The van der Waals surface area contributed by atoms with E-state index < -0.39 is 42.1 Å². The van der Waals surface area contributed by atoms with Crippen molar-refractivity contribution in [3.05, 3.63) is 82.7 Å². The maximum atomic E-state index is 13.2. The minimum Gasteiger partial charge on any atom is -0.352 e. The highest BCUT2D eigenvalue weighted by atomic mass is 19.4. The van der Waals surface area contributed by atoms with Crippen LogP contribution in [-0.4, -0.2) is 28.1 Å². The van der Waals surface area contributed by atoms with Crippen molar-refractivity contribution in [1.82, 2.24) is 15.1 Å². The molecule has 1 aromatic heterocycles. The van der Waals surface area contributed by atoms with Crippen LogP contribution in [0.15, 0.2) is 54.6 Å². The molecule has 2 amide bonds. The number of nitrogens with zero attached hydrogens (tertiary/aromatic N) is 2. The van der Waals surface area contributed by atoms with Crippen molar-refractivity contribution in [3.8, 4) is 0 Å². The number of halogens is 6. The van der Waals surface area contributed by atoms with Crippen LogP contribution in [0.3, 0.4) is 0 Å². The van der Waals surface area contributed by atoms with Gasteiger partial charge in [-0.2, -0.15) is 31.4 Å². The summed E-state index contributed by atoms with van der Waals surface area (Å²) in [5.41, 5.74) is -2.40. The molecular formula is C22H18F6N4O2. The number of carbonyl (C=O) groups excluding carboxylic acids is 2. The fourth-order valence-electron chi connectivity index (χ4n) is 3.10. The lowest BCUT2D eigenvalue weighted by atomic mass is 10.1. The summed E-state index contributed by atoms with van der Waals surface area (Å²) in [6.45, 7) is 1.53. The molecule has 0 bridgehead atoms. The first-order chi connectivity index (χ1) is 15.9. The van der Waals surface area contributed by atoms with Crippen LogP contribution in [0, 0.1) is 0 Å². The average molecular weight is 484 g/mol. The Morgan fingerprint density at radius 3 is 2.00 bits per heavy atom. The standard InChI is InChI=1S/C22H18F6N4O2/c1-2-29-19(33)15-5-3-4-6-16(15)20(34)30-14-9-7-13(8-10-14)12-32-18(22(26,27)28)11-17(31-32)21(23,24)25/h3-11H,2,12H2,1H3,(H,29,33)(H,30,34). The van der Waals surface area contributed by atoms with Gasteiger partial charge >= 0.3 is 12.4 Å². The first kappa shape index (κ1) is 24.8. The van der Waals surface area contributed by atoms with E-state index in [2.05, 4.69) is 15.7 Å². The van der Waals surface area contributed by atoms with Crippen molar-refractivity contribution in [2.75, 3.05) is 11.9 Å². The van der Waals surface area contributed by atoms with Gasteiger partial charge in [0, 0.05) is 18.3 Å². The Balaban J connectivity index is 1.78.